The van der Waals surface area contributed by atoms with Gasteiger partial charge in [-0.3, -0.25) is 9.59 Å². The third-order valence-electron chi connectivity index (χ3n) is 5.10. The first kappa shape index (κ1) is 17.3. The van der Waals surface area contributed by atoms with Crippen molar-refractivity contribution in [2.75, 3.05) is 26.2 Å². The van der Waals surface area contributed by atoms with Gasteiger partial charge in [-0.15, -0.1) is 0 Å². The number of nitrogens with one attached hydrogen (secondary N) is 1. The van der Waals surface area contributed by atoms with Gasteiger partial charge in [-0.1, -0.05) is 0 Å². The Morgan fingerprint density at radius 2 is 1.89 bits per heavy atom. The van der Waals surface area contributed by atoms with Crippen LogP contribution in [-0.2, 0) is 11.2 Å². The summed E-state index contributed by atoms with van der Waals surface area (Å²) in [4.78, 5) is 31.8. The molecule has 1 saturated heterocycles. The monoisotopic (exact) mass is 369 g/mol. The number of hydrogen-bond acceptors (Lipinski definition) is 3. The first-order chi connectivity index (χ1) is 13.0. The number of aromatic nitrogens is 1. The van der Waals surface area contributed by atoms with E-state index < -0.39 is 0 Å². The van der Waals surface area contributed by atoms with E-state index in [9.17, 15) is 14.0 Å². The van der Waals surface area contributed by atoms with Crippen molar-refractivity contribution in [2.24, 2.45) is 0 Å². The minimum absolute atomic E-state index is 0.0151. The van der Waals surface area contributed by atoms with Gasteiger partial charge in [0.05, 0.1) is 18.2 Å². The van der Waals surface area contributed by atoms with E-state index >= 15 is 0 Å². The van der Waals surface area contributed by atoms with Crippen LogP contribution in [0.3, 0.4) is 0 Å². The molecule has 0 atom stereocenters. The number of aromatic amines is 1. The predicted molar refractivity (Wildman–Crippen MR) is 97.9 cm³/mol. The molecule has 1 N–H and O–H groups in total. The third kappa shape index (κ3) is 3.32. The maximum Gasteiger partial charge on any atom is 0.257 e. The summed E-state index contributed by atoms with van der Waals surface area (Å²) in [5, 5.41) is 0.745. The van der Waals surface area contributed by atoms with E-state index in [1.807, 2.05) is 6.92 Å². The number of aryl methyl sites for hydroxylation is 1. The maximum atomic E-state index is 13.6. The number of nitrogens with zero attached hydrogens (tertiary/aromatic N) is 2. The highest BCUT2D eigenvalue weighted by atomic mass is 19.1. The van der Waals surface area contributed by atoms with Crippen LogP contribution in [0.25, 0.3) is 10.9 Å². The number of benzene rings is 1. The number of piperazine rings is 1. The normalized spacial score (nSPS) is 14.7. The van der Waals surface area contributed by atoms with E-state index in [1.165, 1.54) is 24.7 Å². The van der Waals surface area contributed by atoms with E-state index in [1.54, 1.807) is 21.9 Å². The maximum absolute atomic E-state index is 13.6. The predicted octanol–water partition coefficient (Wildman–Crippen LogP) is 2.74. The highest BCUT2D eigenvalue weighted by Crippen LogP contribution is 2.24. The van der Waals surface area contributed by atoms with Gasteiger partial charge in [0.15, 0.2) is 0 Å². The zero-order chi connectivity index (χ0) is 19.0. The van der Waals surface area contributed by atoms with Crippen molar-refractivity contribution in [3.05, 3.63) is 59.4 Å². The summed E-state index contributed by atoms with van der Waals surface area (Å²) < 4.78 is 18.6. The number of carbonyl (C=O) groups excluding carboxylic acids is 2. The van der Waals surface area contributed by atoms with Crippen LogP contribution in [-0.4, -0.2) is 52.8 Å². The highest BCUT2D eigenvalue weighted by molar-refractivity contribution is 5.94. The zero-order valence-corrected chi connectivity index (χ0v) is 15.0. The van der Waals surface area contributed by atoms with Crippen LogP contribution >= 0.6 is 0 Å². The highest BCUT2D eigenvalue weighted by Gasteiger charge is 2.26. The van der Waals surface area contributed by atoms with Crippen LogP contribution < -0.4 is 0 Å². The minimum Gasteiger partial charge on any atom is -0.472 e. The molecule has 1 fully saturated rings. The molecule has 0 spiro atoms. The zero-order valence-electron chi connectivity index (χ0n) is 15.0. The van der Waals surface area contributed by atoms with Crippen molar-refractivity contribution < 1.29 is 18.4 Å². The Morgan fingerprint density at radius 1 is 1.15 bits per heavy atom. The van der Waals surface area contributed by atoms with E-state index in [2.05, 4.69) is 4.98 Å². The molecule has 1 aliphatic heterocycles. The second kappa shape index (κ2) is 6.90. The van der Waals surface area contributed by atoms with Gasteiger partial charge >= 0.3 is 0 Å². The number of rotatable bonds is 3. The second-order valence-electron chi connectivity index (χ2n) is 6.78. The Morgan fingerprint density at radius 3 is 2.59 bits per heavy atom. The summed E-state index contributed by atoms with van der Waals surface area (Å²) in [5.41, 5.74) is 3.04. The third-order valence-corrected chi connectivity index (χ3v) is 5.10. The summed E-state index contributed by atoms with van der Waals surface area (Å²) in [5.74, 6) is -0.418. The Kier molecular flexibility index (Phi) is 4.43. The fraction of sp³-hybridized carbons (Fsp3) is 0.300. The van der Waals surface area contributed by atoms with Gasteiger partial charge in [0.25, 0.3) is 5.91 Å². The first-order valence-corrected chi connectivity index (χ1v) is 8.89. The van der Waals surface area contributed by atoms with Crippen LogP contribution in [0.4, 0.5) is 4.39 Å². The molecule has 3 heterocycles. The summed E-state index contributed by atoms with van der Waals surface area (Å²) >= 11 is 0. The number of fused-ring (bicyclic) bond motifs is 1. The molecule has 0 saturated carbocycles. The molecule has 3 aromatic rings. The van der Waals surface area contributed by atoms with E-state index in [0.717, 1.165) is 22.2 Å². The molecule has 0 bridgehead atoms. The summed E-state index contributed by atoms with van der Waals surface area (Å²) in [6.45, 7) is 3.83. The Labute approximate surface area is 155 Å². The van der Waals surface area contributed by atoms with Gasteiger partial charge in [-0.05, 0) is 36.8 Å². The number of carbonyl (C=O) groups is 2. The van der Waals surface area contributed by atoms with E-state index in [4.69, 9.17) is 4.42 Å². The SMILES string of the molecule is Cc1[nH]c2ccc(F)cc2c1CC(=O)N1CCN(C(=O)c2ccoc2)CC1. The topological polar surface area (TPSA) is 69.6 Å². The lowest BCUT2D eigenvalue weighted by Crippen LogP contribution is -2.50. The minimum atomic E-state index is -0.318. The molecular formula is C20H20FN3O3. The number of amides is 2. The van der Waals surface area contributed by atoms with Crippen LogP contribution in [0.2, 0.25) is 0 Å². The molecule has 6 nitrogen and oxygen atoms in total. The summed E-state index contributed by atoms with van der Waals surface area (Å²) in [6, 6.07) is 6.19. The molecule has 2 aromatic heterocycles. The van der Waals surface area contributed by atoms with Gasteiger partial charge in [0, 0.05) is 42.8 Å². The Hall–Kier alpha value is -3.09. The molecule has 1 aliphatic rings. The average molecular weight is 369 g/mol. The molecule has 140 valence electrons. The smallest absolute Gasteiger partial charge is 0.257 e. The van der Waals surface area contributed by atoms with Crippen LogP contribution in [0, 0.1) is 12.7 Å². The number of halogens is 1. The van der Waals surface area contributed by atoms with Crippen molar-refractivity contribution in [1.29, 1.82) is 0 Å². The fourth-order valence-corrected chi connectivity index (χ4v) is 3.57. The molecular weight excluding hydrogens is 349 g/mol. The first-order valence-electron chi connectivity index (χ1n) is 8.89. The molecule has 27 heavy (non-hydrogen) atoms. The standard InChI is InChI=1S/C20H20FN3O3/c1-13-16(17-10-15(21)2-3-18(17)22-13)11-19(25)23-5-7-24(8-6-23)20(26)14-4-9-27-12-14/h2-4,9-10,12,22H,5-8,11H2,1H3. The molecule has 1 aromatic carbocycles. The van der Waals surface area contributed by atoms with Crippen molar-refractivity contribution >= 4 is 22.7 Å². The summed E-state index contributed by atoms with van der Waals surface area (Å²) in [6.07, 6.45) is 3.11. The number of hydrogen-bond donors (Lipinski definition) is 1. The van der Waals surface area contributed by atoms with Gasteiger partial charge < -0.3 is 19.2 Å². The average Bonchev–Trinajstić information content (AvgIpc) is 3.30. The lowest BCUT2D eigenvalue weighted by molar-refractivity contribution is -0.131. The lowest BCUT2D eigenvalue weighted by Gasteiger charge is -2.34. The Balaban J connectivity index is 1.42. The molecule has 0 radical (unpaired) electrons. The van der Waals surface area contributed by atoms with Crippen LogP contribution in [0.15, 0.2) is 41.2 Å². The van der Waals surface area contributed by atoms with E-state index in [0.29, 0.717) is 31.7 Å². The Bertz CT molecular complexity index is 985. The van der Waals surface area contributed by atoms with Gasteiger partial charge in [-0.2, -0.15) is 0 Å². The largest absolute Gasteiger partial charge is 0.472 e. The molecule has 0 aliphatic carbocycles. The van der Waals surface area contributed by atoms with Gasteiger partial charge in [0.1, 0.15) is 12.1 Å². The van der Waals surface area contributed by atoms with Crippen molar-refractivity contribution in [1.82, 2.24) is 14.8 Å². The molecule has 0 unspecified atom stereocenters. The number of furan rings is 1. The molecule has 2 amide bonds. The quantitative estimate of drug-likeness (QED) is 0.772. The number of H-pyrrole nitrogens is 1. The fourth-order valence-electron chi connectivity index (χ4n) is 3.57. The van der Waals surface area contributed by atoms with Crippen molar-refractivity contribution in [2.45, 2.75) is 13.3 Å². The molecule has 7 heteroatoms. The second-order valence-corrected chi connectivity index (χ2v) is 6.78. The van der Waals surface area contributed by atoms with E-state index in [-0.39, 0.29) is 24.1 Å². The van der Waals surface area contributed by atoms with Crippen LogP contribution in [0.1, 0.15) is 21.6 Å². The van der Waals surface area contributed by atoms with Crippen molar-refractivity contribution in [3.63, 3.8) is 0 Å². The summed E-state index contributed by atoms with van der Waals surface area (Å²) in [7, 11) is 0. The molecule has 4 rings (SSSR count). The van der Waals surface area contributed by atoms with Gasteiger partial charge in [0.2, 0.25) is 5.91 Å². The lowest BCUT2D eigenvalue weighted by atomic mass is 10.1. The van der Waals surface area contributed by atoms with Crippen molar-refractivity contribution in [3.8, 4) is 0 Å². The van der Waals surface area contributed by atoms with Crippen LogP contribution in [0.5, 0.6) is 0 Å². The van der Waals surface area contributed by atoms with Gasteiger partial charge in [-0.25, -0.2) is 4.39 Å².